The Hall–Kier alpha value is -5.51. The van der Waals surface area contributed by atoms with E-state index < -0.39 is 29.7 Å². The van der Waals surface area contributed by atoms with Gasteiger partial charge in [-0.05, 0) is 48.0 Å². The van der Waals surface area contributed by atoms with Crippen LogP contribution in [0.1, 0.15) is 15.9 Å². The number of aromatic nitrogens is 2. The summed E-state index contributed by atoms with van der Waals surface area (Å²) in [6, 6.07) is 15.7. The minimum absolute atomic E-state index is 0.129. The standard InChI is InChI=1S/C29H27F2N5O4.C2HF3O2/c1-39-27-16-21(6-8-26(27)35-9-11-40-12-10-35)34-29(38)20-3-2-4-23(15-20)36-18-22(17-32-36)33-28(37)14-19-5-7-24(30)25(31)13-19;3-2(4,5)1(6)7/h2-8,13,15-18H,9-12,14H2,1H3,(H,33,37)(H,34,38);(H,6,7). The van der Waals surface area contributed by atoms with Crippen molar-refractivity contribution in [1.82, 2.24) is 9.78 Å². The minimum Gasteiger partial charge on any atom is -0.495 e. The highest BCUT2D eigenvalue weighted by atomic mass is 19.4. The number of rotatable bonds is 8. The first-order valence-corrected chi connectivity index (χ1v) is 13.8. The Labute approximate surface area is 264 Å². The van der Waals surface area contributed by atoms with E-state index in [4.69, 9.17) is 19.4 Å². The molecule has 2 heterocycles. The first kappa shape index (κ1) is 34.4. The fraction of sp³-hybridized carbons (Fsp3) is 0.226. The summed E-state index contributed by atoms with van der Waals surface area (Å²) < 4.78 is 70.8. The average molecular weight is 662 g/mol. The molecule has 0 spiro atoms. The van der Waals surface area contributed by atoms with Gasteiger partial charge in [0.25, 0.3) is 5.91 Å². The molecule has 16 heteroatoms. The number of carbonyl (C=O) groups excluding carboxylic acids is 2. The molecule has 1 aliphatic rings. The number of halogens is 5. The molecule has 4 aromatic rings. The van der Waals surface area contributed by atoms with Crippen LogP contribution < -0.4 is 20.3 Å². The van der Waals surface area contributed by atoms with Crippen molar-refractivity contribution in [2.24, 2.45) is 0 Å². The second-order valence-corrected chi connectivity index (χ2v) is 9.94. The van der Waals surface area contributed by atoms with Gasteiger partial charge >= 0.3 is 12.1 Å². The maximum atomic E-state index is 13.4. The molecule has 3 N–H and O–H groups in total. The summed E-state index contributed by atoms with van der Waals surface area (Å²) in [6.07, 6.45) is -2.16. The normalized spacial score (nSPS) is 12.9. The van der Waals surface area contributed by atoms with Gasteiger partial charge in [-0.15, -0.1) is 0 Å². The highest BCUT2D eigenvalue weighted by molar-refractivity contribution is 6.04. The van der Waals surface area contributed by atoms with Gasteiger partial charge in [0.1, 0.15) is 5.75 Å². The molecule has 0 saturated carbocycles. The van der Waals surface area contributed by atoms with Crippen LogP contribution in [0.3, 0.4) is 0 Å². The molecule has 0 atom stereocenters. The van der Waals surface area contributed by atoms with Crippen molar-refractivity contribution >= 4 is 34.8 Å². The van der Waals surface area contributed by atoms with Crippen molar-refractivity contribution in [3.63, 3.8) is 0 Å². The van der Waals surface area contributed by atoms with Crippen LogP contribution in [0.2, 0.25) is 0 Å². The molecule has 0 aliphatic carbocycles. The third kappa shape index (κ3) is 9.49. The number of carboxylic acid groups (broad SMARTS) is 1. The highest BCUT2D eigenvalue weighted by Gasteiger charge is 2.38. The average Bonchev–Trinajstić information content (AvgIpc) is 3.51. The Bertz CT molecular complexity index is 1740. The topological polar surface area (TPSA) is 135 Å². The van der Waals surface area contributed by atoms with Crippen LogP contribution in [0.5, 0.6) is 5.75 Å². The zero-order valence-corrected chi connectivity index (χ0v) is 24.7. The number of hydrogen-bond acceptors (Lipinski definition) is 7. The molecule has 0 bridgehead atoms. The number of methoxy groups -OCH3 is 1. The van der Waals surface area contributed by atoms with Gasteiger partial charge in [-0.1, -0.05) is 12.1 Å². The number of nitrogens with zero attached hydrogens (tertiary/aromatic N) is 3. The van der Waals surface area contributed by atoms with E-state index in [2.05, 4.69) is 20.6 Å². The van der Waals surface area contributed by atoms with Gasteiger partial charge in [0.2, 0.25) is 5.91 Å². The highest BCUT2D eigenvalue weighted by Crippen LogP contribution is 2.32. The Morgan fingerprint density at radius 3 is 2.34 bits per heavy atom. The van der Waals surface area contributed by atoms with Crippen molar-refractivity contribution in [2.45, 2.75) is 12.6 Å². The zero-order chi connectivity index (χ0) is 34.1. The number of morpholine rings is 1. The van der Waals surface area contributed by atoms with Gasteiger partial charge in [-0.25, -0.2) is 18.3 Å². The molecule has 1 fully saturated rings. The van der Waals surface area contributed by atoms with Crippen molar-refractivity contribution in [3.05, 3.63) is 95.8 Å². The number of nitrogens with one attached hydrogen (secondary N) is 2. The Kier molecular flexibility index (Phi) is 11.1. The largest absolute Gasteiger partial charge is 0.495 e. The molecule has 3 aromatic carbocycles. The summed E-state index contributed by atoms with van der Waals surface area (Å²) in [4.78, 5) is 36.5. The molecule has 0 radical (unpaired) electrons. The molecular weight excluding hydrogens is 633 g/mol. The molecule has 47 heavy (non-hydrogen) atoms. The monoisotopic (exact) mass is 661 g/mol. The number of carbonyl (C=O) groups is 3. The van der Waals surface area contributed by atoms with Crippen LogP contribution in [0.25, 0.3) is 5.69 Å². The van der Waals surface area contributed by atoms with Gasteiger partial charge < -0.3 is 30.1 Å². The quantitative estimate of drug-likeness (QED) is 0.223. The van der Waals surface area contributed by atoms with E-state index in [0.717, 1.165) is 30.9 Å². The molecule has 11 nitrogen and oxygen atoms in total. The van der Waals surface area contributed by atoms with Crippen molar-refractivity contribution in [3.8, 4) is 11.4 Å². The molecule has 1 saturated heterocycles. The fourth-order valence-electron chi connectivity index (χ4n) is 4.38. The molecule has 1 aliphatic heterocycles. The number of hydrogen-bond donors (Lipinski definition) is 3. The van der Waals surface area contributed by atoms with E-state index in [1.807, 2.05) is 12.1 Å². The Morgan fingerprint density at radius 1 is 0.957 bits per heavy atom. The van der Waals surface area contributed by atoms with Gasteiger partial charge in [-0.2, -0.15) is 18.3 Å². The van der Waals surface area contributed by atoms with Gasteiger partial charge in [-0.3, -0.25) is 9.59 Å². The SMILES string of the molecule is COc1cc(NC(=O)c2cccc(-n3cc(NC(=O)Cc4ccc(F)c(F)c4)cn3)c2)ccc1N1CCOCC1.O=C(O)C(F)(F)F. The first-order valence-electron chi connectivity index (χ1n) is 13.8. The van der Waals surface area contributed by atoms with Gasteiger partial charge in [0.15, 0.2) is 11.6 Å². The van der Waals surface area contributed by atoms with E-state index in [0.29, 0.717) is 47.2 Å². The van der Waals surface area contributed by atoms with E-state index in [9.17, 15) is 31.5 Å². The van der Waals surface area contributed by atoms with Crippen LogP contribution in [-0.2, 0) is 20.7 Å². The van der Waals surface area contributed by atoms with Crippen LogP contribution in [0.4, 0.5) is 39.0 Å². The van der Waals surface area contributed by atoms with Gasteiger partial charge in [0, 0.05) is 30.4 Å². The number of benzene rings is 3. The predicted molar refractivity (Wildman–Crippen MR) is 160 cm³/mol. The minimum atomic E-state index is -5.08. The predicted octanol–water partition coefficient (Wildman–Crippen LogP) is 5.06. The number of aliphatic carboxylic acids is 1. The molecule has 1 aromatic heterocycles. The summed E-state index contributed by atoms with van der Waals surface area (Å²) in [7, 11) is 1.59. The van der Waals surface area contributed by atoms with Crippen LogP contribution in [0, 0.1) is 11.6 Å². The number of ether oxygens (including phenoxy) is 2. The lowest BCUT2D eigenvalue weighted by atomic mass is 10.1. The lowest BCUT2D eigenvalue weighted by Gasteiger charge is -2.30. The maximum absolute atomic E-state index is 13.4. The van der Waals surface area contributed by atoms with E-state index >= 15 is 0 Å². The lowest BCUT2D eigenvalue weighted by Crippen LogP contribution is -2.36. The summed E-state index contributed by atoms with van der Waals surface area (Å²) in [5.74, 6) is -4.80. The number of anilines is 3. The van der Waals surface area contributed by atoms with Crippen molar-refractivity contribution < 1.29 is 50.9 Å². The molecule has 248 valence electrons. The van der Waals surface area contributed by atoms with Crippen LogP contribution in [-0.4, -0.2) is 72.3 Å². The van der Waals surface area contributed by atoms with E-state index in [1.165, 1.54) is 16.9 Å². The summed E-state index contributed by atoms with van der Waals surface area (Å²) in [5, 5.41) is 17.0. The first-order chi connectivity index (χ1) is 22.3. The molecule has 0 unspecified atom stereocenters. The number of carboxylic acids is 1. The van der Waals surface area contributed by atoms with Crippen LogP contribution in [0.15, 0.2) is 73.1 Å². The summed E-state index contributed by atoms with van der Waals surface area (Å²) >= 11 is 0. The second kappa shape index (κ2) is 15.2. The zero-order valence-electron chi connectivity index (χ0n) is 24.7. The molecule has 5 rings (SSSR count). The van der Waals surface area contributed by atoms with Crippen LogP contribution >= 0.6 is 0 Å². The number of amides is 2. The van der Waals surface area contributed by atoms with E-state index in [1.54, 1.807) is 43.6 Å². The lowest BCUT2D eigenvalue weighted by molar-refractivity contribution is -0.192. The van der Waals surface area contributed by atoms with E-state index in [-0.39, 0.29) is 12.3 Å². The second-order valence-electron chi connectivity index (χ2n) is 9.94. The summed E-state index contributed by atoms with van der Waals surface area (Å²) in [6.45, 7) is 2.84. The molecule has 2 amide bonds. The summed E-state index contributed by atoms with van der Waals surface area (Å²) in [5.41, 5.74) is 3.31. The third-order valence-corrected chi connectivity index (χ3v) is 6.62. The third-order valence-electron chi connectivity index (χ3n) is 6.62. The fourth-order valence-corrected chi connectivity index (χ4v) is 4.38. The smallest absolute Gasteiger partial charge is 0.490 e. The number of alkyl halides is 3. The van der Waals surface area contributed by atoms with Crippen molar-refractivity contribution in [1.29, 1.82) is 0 Å². The Morgan fingerprint density at radius 2 is 1.68 bits per heavy atom. The van der Waals surface area contributed by atoms with Crippen molar-refractivity contribution in [2.75, 3.05) is 48.9 Å². The Balaban J connectivity index is 0.000000644. The molecular formula is C31H28F5N5O6. The van der Waals surface area contributed by atoms with Gasteiger partial charge in [0.05, 0.1) is 56.2 Å². The maximum Gasteiger partial charge on any atom is 0.490 e.